The van der Waals surface area contributed by atoms with Crippen molar-refractivity contribution in [3.63, 3.8) is 0 Å². The van der Waals surface area contributed by atoms with Gasteiger partial charge in [-0.15, -0.1) is 0 Å². The summed E-state index contributed by atoms with van der Waals surface area (Å²) in [5.41, 5.74) is 3.60. The second kappa shape index (κ2) is 9.67. The molecule has 3 aromatic rings. The quantitative estimate of drug-likeness (QED) is 0.584. The van der Waals surface area contributed by atoms with Crippen LogP contribution in [-0.2, 0) is 6.42 Å². The van der Waals surface area contributed by atoms with Gasteiger partial charge in [0.05, 0.1) is 6.04 Å². The molecule has 2 aromatic carbocycles. The molecule has 0 saturated carbocycles. The molecule has 172 valence electrons. The van der Waals surface area contributed by atoms with Gasteiger partial charge in [-0.05, 0) is 61.7 Å². The molecule has 0 spiro atoms. The van der Waals surface area contributed by atoms with E-state index in [-0.39, 0.29) is 17.6 Å². The number of benzene rings is 2. The van der Waals surface area contributed by atoms with Gasteiger partial charge in [-0.3, -0.25) is 9.69 Å². The first kappa shape index (κ1) is 21.5. The van der Waals surface area contributed by atoms with E-state index in [2.05, 4.69) is 46.6 Å². The number of hydrogen-bond acceptors (Lipinski definition) is 6. The maximum Gasteiger partial charge on any atom is 0.273 e. The van der Waals surface area contributed by atoms with E-state index in [1.54, 1.807) is 6.07 Å². The zero-order valence-corrected chi connectivity index (χ0v) is 18.9. The number of hydrogen-bond donors (Lipinski definition) is 1. The van der Waals surface area contributed by atoms with E-state index in [1.807, 2.05) is 18.2 Å². The summed E-state index contributed by atoms with van der Waals surface area (Å²) in [4.78, 5) is 15.3. The van der Waals surface area contributed by atoms with Crippen molar-refractivity contribution < 1.29 is 18.8 Å². The van der Waals surface area contributed by atoms with Gasteiger partial charge >= 0.3 is 0 Å². The zero-order valence-electron chi connectivity index (χ0n) is 18.9. The van der Waals surface area contributed by atoms with Crippen LogP contribution in [-0.4, -0.2) is 48.8 Å². The van der Waals surface area contributed by atoms with Crippen LogP contribution in [0.4, 0.5) is 0 Å². The topological polar surface area (TPSA) is 76.8 Å². The minimum Gasteiger partial charge on any atom is -0.486 e. The lowest BCUT2D eigenvalue weighted by molar-refractivity contribution is 0.0929. The van der Waals surface area contributed by atoms with Crippen molar-refractivity contribution in [2.24, 2.45) is 0 Å². The van der Waals surface area contributed by atoms with E-state index in [1.165, 1.54) is 24.0 Å². The normalized spacial score (nSPS) is 16.5. The second-order valence-corrected chi connectivity index (χ2v) is 8.50. The number of carbonyl (C=O) groups excluding carboxylic acids is 1. The van der Waals surface area contributed by atoms with Crippen molar-refractivity contribution in [2.75, 3.05) is 32.8 Å². The van der Waals surface area contributed by atoms with E-state index in [0.717, 1.165) is 25.1 Å². The van der Waals surface area contributed by atoms with Crippen LogP contribution in [0.5, 0.6) is 11.5 Å². The summed E-state index contributed by atoms with van der Waals surface area (Å²) in [7, 11) is 0. The Bertz CT molecular complexity index is 1100. The number of amides is 1. The van der Waals surface area contributed by atoms with E-state index >= 15 is 0 Å². The number of nitrogens with one attached hydrogen (secondary N) is 1. The van der Waals surface area contributed by atoms with E-state index < -0.39 is 0 Å². The fourth-order valence-corrected chi connectivity index (χ4v) is 4.48. The maximum atomic E-state index is 12.9. The lowest BCUT2D eigenvalue weighted by Crippen LogP contribution is -2.36. The largest absolute Gasteiger partial charge is 0.486 e. The Kier molecular flexibility index (Phi) is 6.30. The van der Waals surface area contributed by atoms with Gasteiger partial charge in [0.2, 0.25) is 0 Å². The lowest BCUT2D eigenvalue weighted by Gasteiger charge is -2.28. The summed E-state index contributed by atoms with van der Waals surface area (Å²) < 4.78 is 16.7. The molecule has 1 N–H and O–H groups in total. The van der Waals surface area contributed by atoms with Crippen LogP contribution in [0, 0.1) is 0 Å². The SMILES string of the molecule is CCc1ccc([C@@H](CNC(=O)c2cc(-c3ccc4c(c3)OCCO4)on2)N2CCCC2)cc1. The molecule has 1 fully saturated rings. The average molecular weight is 448 g/mol. The summed E-state index contributed by atoms with van der Waals surface area (Å²) in [6, 6.07) is 16.1. The molecule has 0 unspecified atom stereocenters. The first-order valence-electron chi connectivity index (χ1n) is 11.7. The van der Waals surface area contributed by atoms with Crippen LogP contribution in [0.2, 0.25) is 0 Å². The Hall–Kier alpha value is -3.32. The molecule has 0 radical (unpaired) electrons. The highest BCUT2D eigenvalue weighted by molar-refractivity contribution is 5.93. The third kappa shape index (κ3) is 4.73. The molecule has 7 heteroatoms. The molecule has 5 rings (SSSR count). The number of rotatable bonds is 7. The molecule has 1 aromatic heterocycles. The van der Waals surface area contributed by atoms with E-state index in [4.69, 9.17) is 14.0 Å². The molecular formula is C26H29N3O4. The standard InChI is InChI=1S/C26H29N3O4/c1-2-18-5-7-19(8-6-18)22(29-11-3-4-12-29)17-27-26(30)21-16-24(33-28-21)20-9-10-23-25(15-20)32-14-13-31-23/h5-10,15-16,22H,2-4,11-14,17H2,1H3,(H,27,30)/t22-/m1/s1. The summed E-state index contributed by atoms with van der Waals surface area (Å²) >= 11 is 0. The van der Waals surface area contributed by atoms with Crippen molar-refractivity contribution in [3.05, 3.63) is 65.4 Å². The lowest BCUT2D eigenvalue weighted by atomic mass is 10.0. The van der Waals surface area contributed by atoms with Crippen LogP contribution in [0.3, 0.4) is 0 Å². The van der Waals surface area contributed by atoms with Crippen molar-refractivity contribution >= 4 is 5.91 Å². The average Bonchev–Trinajstić information content (AvgIpc) is 3.57. The van der Waals surface area contributed by atoms with Gasteiger partial charge in [0.1, 0.15) is 13.2 Å². The van der Waals surface area contributed by atoms with E-state index in [9.17, 15) is 4.79 Å². The summed E-state index contributed by atoms with van der Waals surface area (Å²) in [5.74, 6) is 1.66. The molecule has 3 heterocycles. The minimum absolute atomic E-state index is 0.145. The smallest absolute Gasteiger partial charge is 0.273 e. The number of fused-ring (bicyclic) bond motifs is 1. The molecule has 0 aliphatic carbocycles. The van der Waals surface area contributed by atoms with Crippen LogP contribution in [0.25, 0.3) is 11.3 Å². The predicted molar refractivity (Wildman–Crippen MR) is 125 cm³/mol. The molecule has 1 saturated heterocycles. The Morgan fingerprint density at radius 1 is 1.03 bits per heavy atom. The van der Waals surface area contributed by atoms with Gasteiger partial charge in [0, 0.05) is 18.2 Å². The van der Waals surface area contributed by atoms with Gasteiger partial charge in [-0.1, -0.05) is 36.3 Å². The van der Waals surface area contributed by atoms with Crippen LogP contribution >= 0.6 is 0 Å². The molecule has 2 aliphatic rings. The predicted octanol–water partition coefficient (Wildman–Crippen LogP) is 4.24. The molecule has 0 bridgehead atoms. The number of carbonyl (C=O) groups is 1. The van der Waals surface area contributed by atoms with Crippen molar-refractivity contribution in [1.82, 2.24) is 15.4 Å². The molecular weight excluding hydrogens is 418 g/mol. The first-order valence-corrected chi connectivity index (χ1v) is 11.7. The third-order valence-electron chi connectivity index (χ3n) is 6.38. The first-order chi connectivity index (χ1) is 16.2. The van der Waals surface area contributed by atoms with Gasteiger partial charge in [-0.25, -0.2) is 0 Å². The van der Waals surface area contributed by atoms with Crippen LogP contribution < -0.4 is 14.8 Å². The summed E-state index contributed by atoms with van der Waals surface area (Å²) in [5, 5.41) is 7.07. The molecule has 2 aliphatic heterocycles. The number of nitrogens with zero attached hydrogens (tertiary/aromatic N) is 2. The highest BCUT2D eigenvalue weighted by Crippen LogP contribution is 2.34. The zero-order chi connectivity index (χ0) is 22.6. The number of likely N-dealkylation sites (tertiary alicyclic amines) is 1. The van der Waals surface area contributed by atoms with Crippen LogP contribution in [0.15, 0.2) is 53.1 Å². The monoisotopic (exact) mass is 447 g/mol. The van der Waals surface area contributed by atoms with Gasteiger partial charge in [0.25, 0.3) is 5.91 Å². The molecule has 7 nitrogen and oxygen atoms in total. The summed E-state index contributed by atoms with van der Waals surface area (Å²) in [6.07, 6.45) is 3.41. The second-order valence-electron chi connectivity index (χ2n) is 8.50. The molecule has 1 atom stereocenters. The van der Waals surface area contributed by atoms with Crippen molar-refractivity contribution in [2.45, 2.75) is 32.2 Å². The molecule has 1 amide bonds. The van der Waals surface area contributed by atoms with E-state index in [0.29, 0.717) is 37.0 Å². The Balaban J connectivity index is 1.28. The number of aromatic nitrogens is 1. The molecule has 33 heavy (non-hydrogen) atoms. The Labute approximate surface area is 193 Å². The highest BCUT2D eigenvalue weighted by Gasteiger charge is 2.25. The Morgan fingerprint density at radius 3 is 2.55 bits per heavy atom. The summed E-state index contributed by atoms with van der Waals surface area (Å²) in [6.45, 7) is 5.84. The van der Waals surface area contributed by atoms with Crippen molar-refractivity contribution in [1.29, 1.82) is 0 Å². The van der Waals surface area contributed by atoms with Crippen molar-refractivity contribution in [3.8, 4) is 22.8 Å². The van der Waals surface area contributed by atoms with Gasteiger partial charge in [0.15, 0.2) is 23.0 Å². The minimum atomic E-state index is -0.239. The highest BCUT2D eigenvalue weighted by atomic mass is 16.6. The Morgan fingerprint density at radius 2 is 1.79 bits per heavy atom. The van der Waals surface area contributed by atoms with Gasteiger partial charge < -0.3 is 19.3 Å². The fourth-order valence-electron chi connectivity index (χ4n) is 4.48. The fraction of sp³-hybridized carbons (Fsp3) is 0.385. The number of ether oxygens (including phenoxy) is 2. The van der Waals surface area contributed by atoms with Crippen LogP contribution in [0.1, 0.15) is 47.4 Å². The number of aryl methyl sites for hydroxylation is 1. The van der Waals surface area contributed by atoms with Gasteiger partial charge in [-0.2, -0.15) is 0 Å². The maximum absolute atomic E-state index is 12.9. The third-order valence-corrected chi connectivity index (χ3v) is 6.38.